The van der Waals surface area contributed by atoms with Crippen molar-refractivity contribution in [1.82, 2.24) is 4.98 Å². The van der Waals surface area contributed by atoms with Crippen LogP contribution in [-0.2, 0) is 4.74 Å². The van der Waals surface area contributed by atoms with E-state index < -0.39 is 5.97 Å². The van der Waals surface area contributed by atoms with E-state index in [0.29, 0.717) is 33.3 Å². The van der Waals surface area contributed by atoms with E-state index in [4.69, 9.17) is 16.3 Å². The highest BCUT2D eigenvalue weighted by atomic mass is 35.5. The highest BCUT2D eigenvalue weighted by molar-refractivity contribution is 6.31. The third kappa shape index (κ3) is 4.62. The molecular formula is C20H16ClN3O3. The number of pyridine rings is 1. The molecule has 1 heterocycles. The second kappa shape index (κ2) is 8.33. The summed E-state index contributed by atoms with van der Waals surface area (Å²) < 4.78 is 4.77. The molecule has 3 aromatic rings. The molecule has 0 radical (unpaired) electrons. The summed E-state index contributed by atoms with van der Waals surface area (Å²) in [6.45, 7) is 0. The van der Waals surface area contributed by atoms with Crippen molar-refractivity contribution >= 4 is 40.7 Å². The van der Waals surface area contributed by atoms with E-state index in [1.54, 1.807) is 60.7 Å². The molecule has 0 bridgehead atoms. The molecule has 6 nitrogen and oxygen atoms in total. The van der Waals surface area contributed by atoms with Gasteiger partial charge in [-0.25, -0.2) is 9.78 Å². The minimum atomic E-state index is -0.449. The lowest BCUT2D eigenvalue weighted by Gasteiger charge is -2.10. The van der Waals surface area contributed by atoms with E-state index in [0.717, 1.165) is 0 Å². The van der Waals surface area contributed by atoms with Crippen molar-refractivity contribution in [2.45, 2.75) is 0 Å². The van der Waals surface area contributed by atoms with Crippen molar-refractivity contribution < 1.29 is 14.3 Å². The summed E-state index contributed by atoms with van der Waals surface area (Å²) in [4.78, 5) is 28.4. The molecule has 7 heteroatoms. The normalized spacial score (nSPS) is 10.1. The highest BCUT2D eigenvalue weighted by Gasteiger charge is 2.12. The van der Waals surface area contributed by atoms with Gasteiger partial charge in [-0.05, 0) is 42.5 Å². The molecule has 0 spiro atoms. The number of rotatable bonds is 5. The number of anilines is 3. The van der Waals surface area contributed by atoms with E-state index in [9.17, 15) is 9.59 Å². The largest absolute Gasteiger partial charge is 0.465 e. The fourth-order valence-electron chi connectivity index (χ4n) is 2.39. The molecule has 0 aliphatic carbocycles. The first-order chi connectivity index (χ1) is 13.1. The molecule has 3 rings (SSSR count). The van der Waals surface area contributed by atoms with Gasteiger partial charge in [-0.1, -0.05) is 29.8 Å². The zero-order valence-corrected chi connectivity index (χ0v) is 15.2. The minimum Gasteiger partial charge on any atom is -0.465 e. The van der Waals surface area contributed by atoms with Gasteiger partial charge in [0.05, 0.1) is 23.9 Å². The molecule has 0 saturated carbocycles. The average molecular weight is 382 g/mol. The second-order valence-corrected chi connectivity index (χ2v) is 6.00. The molecule has 136 valence electrons. The molecule has 1 amide bonds. The Balaban J connectivity index is 1.72. The van der Waals surface area contributed by atoms with Gasteiger partial charge in [0.1, 0.15) is 5.82 Å². The SMILES string of the molecule is COC(=O)c1ccccc1Nc1ccc(C(=O)Nc2cccc(Cl)c2)cn1. The Kier molecular flexibility index (Phi) is 5.68. The zero-order valence-electron chi connectivity index (χ0n) is 14.4. The van der Waals surface area contributed by atoms with Crippen LogP contribution in [0.25, 0.3) is 0 Å². The predicted molar refractivity (Wildman–Crippen MR) is 105 cm³/mol. The van der Waals surface area contributed by atoms with Crippen molar-refractivity contribution in [3.05, 3.63) is 83.0 Å². The maximum Gasteiger partial charge on any atom is 0.339 e. The fraction of sp³-hybridized carbons (Fsp3) is 0.0500. The maximum atomic E-state index is 12.3. The van der Waals surface area contributed by atoms with Crippen molar-refractivity contribution in [2.24, 2.45) is 0 Å². The van der Waals surface area contributed by atoms with E-state index in [2.05, 4.69) is 15.6 Å². The lowest BCUT2D eigenvalue weighted by atomic mass is 10.1. The third-order valence-corrected chi connectivity index (χ3v) is 3.94. The summed E-state index contributed by atoms with van der Waals surface area (Å²) in [5.74, 6) is -0.257. The fourth-order valence-corrected chi connectivity index (χ4v) is 2.58. The summed E-state index contributed by atoms with van der Waals surface area (Å²) in [5, 5.41) is 6.34. The summed E-state index contributed by atoms with van der Waals surface area (Å²) >= 11 is 5.91. The first-order valence-electron chi connectivity index (χ1n) is 8.04. The van der Waals surface area contributed by atoms with E-state index >= 15 is 0 Å². The summed E-state index contributed by atoms with van der Waals surface area (Å²) in [6, 6.07) is 17.1. The molecule has 0 aliphatic rings. The highest BCUT2D eigenvalue weighted by Crippen LogP contribution is 2.21. The molecular weight excluding hydrogens is 366 g/mol. The zero-order chi connectivity index (χ0) is 19.2. The number of carbonyl (C=O) groups excluding carboxylic acids is 2. The standard InChI is InChI=1S/C20H16ClN3O3/c1-27-20(26)16-7-2-3-8-17(16)24-18-10-9-13(12-22-18)19(25)23-15-6-4-5-14(21)11-15/h2-12H,1H3,(H,22,24)(H,23,25). The topological polar surface area (TPSA) is 80.3 Å². The predicted octanol–water partition coefficient (Wildman–Crippen LogP) is 4.52. The summed E-state index contributed by atoms with van der Waals surface area (Å²) in [7, 11) is 1.32. The van der Waals surface area contributed by atoms with Crippen molar-refractivity contribution in [2.75, 3.05) is 17.7 Å². The Labute approximate surface area is 161 Å². The minimum absolute atomic E-state index is 0.300. The molecule has 0 aliphatic heterocycles. The Morgan fingerprint density at radius 3 is 2.56 bits per heavy atom. The van der Waals surface area contributed by atoms with Crippen LogP contribution in [0.4, 0.5) is 17.2 Å². The van der Waals surface area contributed by atoms with E-state index in [1.165, 1.54) is 13.3 Å². The molecule has 0 fully saturated rings. The van der Waals surface area contributed by atoms with Gasteiger partial charge in [-0.2, -0.15) is 0 Å². The quantitative estimate of drug-likeness (QED) is 0.635. The van der Waals surface area contributed by atoms with Crippen LogP contribution in [0, 0.1) is 0 Å². The van der Waals surface area contributed by atoms with Crippen LogP contribution in [0.5, 0.6) is 0 Å². The van der Waals surface area contributed by atoms with Gasteiger partial charge in [0, 0.05) is 16.9 Å². The van der Waals surface area contributed by atoms with Crippen LogP contribution in [0.2, 0.25) is 5.02 Å². The van der Waals surface area contributed by atoms with Gasteiger partial charge < -0.3 is 15.4 Å². The molecule has 2 N–H and O–H groups in total. The van der Waals surface area contributed by atoms with Gasteiger partial charge in [-0.3, -0.25) is 4.79 Å². The molecule has 0 atom stereocenters. The Bertz CT molecular complexity index is 974. The number of hydrogen-bond acceptors (Lipinski definition) is 5. The van der Waals surface area contributed by atoms with Crippen LogP contribution in [-0.4, -0.2) is 24.0 Å². The maximum absolute atomic E-state index is 12.3. The first-order valence-corrected chi connectivity index (χ1v) is 8.42. The number of para-hydroxylation sites is 1. The Morgan fingerprint density at radius 1 is 1.04 bits per heavy atom. The molecule has 27 heavy (non-hydrogen) atoms. The molecule has 0 saturated heterocycles. The van der Waals surface area contributed by atoms with Gasteiger partial charge in [0.15, 0.2) is 0 Å². The lowest BCUT2D eigenvalue weighted by molar-refractivity contribution is 0.0601. The molecule has 1 aromatic heterocycles. The van der Waals surface area contributed by atoms with E-state index in [1.807, 2.05) is 0 Å². The van der Waals surface area contributed by atoms with Crippen LogP contribution < -0.4 is 10.6 Å². The van der Waals surface area contributed by atoms with Gasteiger partial charge in [-0.15, -0.1) is 0 Å². The Morgan fingerprint density at radius 2 is 1.85 bits per heavy atom. The van der Waals surface area contributed by atoms with E-state index in [-0.39, 0.29) is 5.91 Å². The lowest BCUT2D eigenvalue weighted by Crippen LogP contribution is -2.12. The van der Waals surface area contributed by atoms with Crippen LogP contribution in [0.15, 0.2) is 66.9 Å². The van der Waals surface area contributed by atoms with Crippen molar-refractivity contribution in [1.29, 1.82) is 0 Å². The van der Waals surface area contributed by atoms with Crippen LogP contribution in [0.3, 0.4) is 0 Å². The average Bonchev–Trinajstić information content (AvgIpc) is 2.68. The Hall–Kier alpha value is -3.38. The number of amides is 1. The number of ether oxygens (including phenoxy) is 1. The van der Waals surface area contributed by atoms with Gasteiger partial charge in [0.2, 0.25) is 0 Å². The number of carbonyl (C=O) groups is 2. The number of nitrogens with one attached hydrogen (secondary N) is 2. The number of halogens is 1. The van der Waals surface area contributed by atoms with Crippen molar-refractivity contribution in [3.63, 3.8) is 0 Å². The van der Waals surface area contributed by atoms with Crippen LogP contribution >= 0.6 is 11.6 Å². The number of benzene rings is 2. The number of hydrogen-bond donors (Lipinski definition) is 2. The number of esters is 1. The second-order valence-electron chi connectivity index (χ2n) is 5.56. The number of aromatic nitrogens is 1. The third-order valence-electron chi connectivity index (χ3n) is 3.70. The van der Waals surface area contributed by atoms with Crippen molar-refractivity contribution in [3.8, 4) is 0 Å². The van der Waals surface area contributed by atoms with Crippen LogP contribution in [0.1, 0.15) is 20.7 Å². The monoisotopic (exact) mass is 381 g/mol. The smallest absolute Gasteiger partial charge is 0.339 e. The summed E-state index contributed by atoms with van der Waals surface area (Å²) in [6.07, 6.45) is 1.45. The van der Waals surface area contributed by atoms with Gasteiger partial charge in [0.25, 0.3) is 5.91 Å². The molecule has 2 aromatic carbocycles. The summed E-state index contributed by atoms with van der Waals surface area (Å²) in [5.41, 5.74) is 1.95. The molecule has 0 unspecified atom stereocenters. The van der Waals surface area contributed by atoms with Gasteiger partial charge >= 0.3 is 5.97 Å². The number of methoxy groups -OCH3 is 1. The first kappa shape index (κ1) is 18.4. The number of nitrogens with zero attached hydrogens (tertiary/aromatic N) is 1.